The van der Waals surface area contributed by atoms with Gasteiger partial charge < -0.3 is 29.5 Å². The molecule has 2 aliphatic heterocycles. The lowest BCUT2D eigenvalue weighted by Gasteiger charge is -2.44. The van der Waals surface area contributed by atoms with E-state index in [0.717, 1.165) is 6.42 Å². The summed E-state index contributed by atoms with van der Waals surface area (Å²) in [6, 6.07) is 0.886. The molecule has 4 heterocycles. The van der Waals surface area contributed by atoms with Crippen LogP contribution in [0.1, 0.15) is 99.8 Å². The SMILES string of the molecule is CCOc1nc2ccc(OC)nc2nc1O[C@@H]1C[C@H]2C(=O)N[C@]3(C(=O)NS(=O)(=O)C4(C)CC4)C[C@H]3C=CCC[C@@H](C)C[C@@H](CC)[C@H](N(C(=O)O)C(C)(C)C)C(=O)N2C1. The van der Waals surface area contributed by atoms with Crippen molar-refractivity contribution in [1.29, 1.82) is 0 Å². The van der Waals surface area contributed by atoms with Gasteiger partial charge in [-0.2, -0.15) is 9.97 Å². The molecule has 2 aromatic heterocycles. The Morgan fingerprint density at radius 3 is 2.45 bits per heavy atom. The molecule has 0 spiro atoms. The lowest BCUT2D eigenvalue weighted by atomic mass is 9.82. The predicted molar refractivity (Wildman–Crippen MR) is 213 cm³/mol. The number of fused-ring (bicyclic) bond motifs is 3. The molecule has 318 valence electrons. The van der Waals surface area contributed by atoms with Gasteiger partial charge in [-0.05, 0) is 91.0 Å². The molecule has 18 heteroatoms. The molecule has 4 amide bonds. The molecule has 6 rings (SSSR count). The summed E-state index contributed by atoms with van der Waals surface area (Å²) in [5, 5.41) is 13.6. The van der Waals surface area contributed by atoms with Crippen molar-refractivity contribution in [2.75, 3.05) is 20.3 Å². The first-order valence-electron chi connectivity index (χ1n) is 20.2. The summed E-state index contributed by atoms with van der Waals surface area (Å²) < 4.78 is 45.2. The second kappa shape index (κ2) is 16.1. The van der Waals surface area contributed by atoms with E-state index >= 15 is 4.79 Å². The highest BCUT2D eigenvalue weighted by atomic mass is 32.2. The van der Waals surface area contributed by atoms with Crippen molar-refractivity contribution in [1.82, 2.24) is 34.8 Å². The van der Waals surface area contributed by atoms with Crippen LogP contribution in [-0.2, 0) is 24.4 Å². The highest BCUT2D eigenvalue weighted by molar-refractivity contribution is 7.91. The van der Waals surface area contributed by atoms with Crippen LogP contribution in [0.15, 0.2) is 24.3 Å². The second-order valence-electron chi connectivity index (χ2n) is 17.4. The Labute approximate surface area is 339 Å². The monoisotopic (exact) mass is 827 g/mol. The van der Waals surface area contributed by atoms with Crippen LogP contribution in [0.25, 0.3) is 11.2 Å². The molecular weight excluding hydrogens is 771 g/mol. The van der Waals surface area contributed by atoms with Gasteiger partial charge in [0.15, 0.2) is 5.65 Å². The minimum absolute atomic E-state index is 0.0311. The molecule has 58 heavy (non-hydrogen) atoms. The van der Waals surface area contributed by atoms with Gasteiger partial charge in [-0.25, -0.2) is 18.2 Å². The van der Waals surface area contributed by atoms with Crippen LogP contribution in [0.5, 0.6) is 17.6 Å². The zero-order chi connectivity index (χ0) is 42.4. The highest BCUT2D eigenvalue weighted by Gasteiger charge is 2.63. The zero-order valence-corrected chi connectivity index (χ0v) is 35.4. The van der Waals surface area contributed by atoms with Crippen LogP contribution in [0.2, 0.25) is 0 Å². The quantitative estimate of drug-likeness (QED) is 0.287. The average Bonchev–Trinajstić information content (AvgIpc) is 4.03. The van der Waals surface area contributed by atoms with Crippen LogP contribution in [0, 0.1) is 17.8 Å². The minimum Gasteiger partial charge on any atom is -0.481 e. The summed E-state index contributed by atoms with van der Waals surface area (Å²) in [5.41, 5.74) is -1.97. The van der Waals surface area contributed by atoms with Crippen molar-refractivity contribution in [3.05, 3.63) is 24.3 Å². The Bertz CT molecular complexity index is 2070. The maximum atomic E-state index is 15.2. The van der Waals surface area contributed by atoms with E-state index in [9.17, 15) is 27.9 Å². The molecule has 0 unspecified atom stereocenters. The summed E-state index contributed by atoms with van der Waals surface area (Å²) in [5.74, 6) is -2.60. The average molecular weight is 828 g/mol. The Morgan fingerprint density at radius 1 is 1.10 bits per heavy atom. The summed E-state index contributed by atoms with van der Waals surface area (Å²) in [7, 11) is -2.57. The van der Waals surface area contributed by atoms with Crippen LogP contribution in [0.4, 0.5) is 4.79 Å². The lowest BCUT2D eigenvalue weighted by Crippen LogP contribution is -2.62. The molecule has 0 aromatic carbocycles. The molecule has 1 saturated heterocycles. The minimum atomic E-state index is -4.04. The van der Waals surface area contributed by atoms with E-state index in [0.29, 0.717) is 43.5 Å². The van der Waals surface area contributed by atoms with E-state index in [1.54, 1.807) is 46.8 Å². The maximum absolute atomic E-state index is 15.2. The van der Waals surface area contributed by atoms with Crippen LogP contribution in [0.3, 0.4) is 0 Å². The molecule has 0 radical (unpaired) electrons. The van der Waals surface area contributed by atoms with Crippen molar-refractivity contribution in [2.45, 2.75) is 134 Å². The standard InChI is InChI=1S/C40H57N7O10S/c1-9-24-19-23(3)13-11-12-14-25-21-40(25,36(50)45-58(53,54)39(7)17-18-39)44-32(48)28-20-26(22-46(28)35(49)30(24)47(37(51)52)38(4,5)6)57-34-33(56-10-2)41-27-15-16-29(55-8)42-31(27)43-34/h12,14-16,23-26,28,30H,9-11,13,17-22H2,1-8H3,(H,44,48)(H,45,50)(H,51,52)/t23-,24-,25-,26-,28+,30+,40-/m1/s1. The first-order valence-corrected chi connectivity index (χ1v) is 21.7. The van der Waals surface area contributed by atoms with E-state index < -0.39 is 79.7 Å². The molecule has 3 N–H and O–H groups in total. The van der Waals surface area contributed by atoms with Gasteiger partial charge in [0.05, 0.1) is 25.0 Å². The molecule has 17 nitrogen and oxygen atoms in total. The number of pyridine rings is 1. The van der Waals surface area contributed by atoms with Crippen molar-refractivity contribution in [2.24, 2.45) is 17.8 Å². The molecule has 0 bridgehead atoms. The van der Waals surface area contributed by atoms with Gasteiger partial charge in [-0.3, -0.25) is 24.0 Å². The van der Waals surface area contributed by atoms with Gasteiger partial charge >= 0.3 is 6.09 Å². The van der Waals surface area contributed by atoms with Gasteiger partial charge in [0, 0.05) is 23.9 Å². The number of aromatic nitrogens is 3. The van der Waals surface area contributed by atoms with E-state index in [1.165, 1.54) is 16.9 Å². The number of methoxy groups -OCH3 is 1. The van der Waals surface area contributed by atoms with Gasteiger partial charge in [0.2, 0.25) is 27.7 Å². The largest absolute Gasteiger partial charge is 0.481 e. The number of sulfonamides is 1. The number of hydrogen-bond acceptors (Lipinski definition) is 12. The third-order valence-corrected chi connectivity index (χ3v) is 14.1. The van der Waals surface area contributed by atoms with Crippen LogP contribution in [-0.4, -0.2) is 116 Å². The van der Waals surface area contributed by atoms with Crippen LogP contribution < -0.4 is 24.2 Å². The summed E-state index contributed by atoms with van der Waals surface area (Å²) in [4.78, 5) is 73.1. The third kappa shape index (κ3) is 8.52. The third-order valence-electron chi connectivity index (χ3n) is 12.0. The highest BCUT2D eigenvalue weighted by Crippen LogP contribution is 2.48. The normalized spacial score (nSPS) is 28.6. The smallest absolute Gasteiger partial charge is 0.408 e. The number of nitrogens with one attached hydrogen (secondary N) is 2. The fraction of sp³-hybridized carbons (Fsp3) is 0.675. The Kier molecular flexibility index (Phi) is 11.9. The van der Waals surface area contributed by atoms with E-state index in [-0.39, 0.29) is 49.3 Å². The van der Waals surface area contributed by atoms with Crippen LogP contribution >= 0.6 is 0 Å². The summed E-state index contributed by atoms with van der Waals surface area (Å²) in [6.07, 6.45) is 4.92. The maximum Gasteiger partial charge on any atom is 0.408 e. The van der Waals surface area contributed by atoms with E-state index in [1.807, 2.05) is 19.1 Å². The number of hydrogen-bond donors (Lipinski definition) is 3. The number of rotatable bonds is 10. The zero-order valence-electron chi connectivity index (χ0n) is 34.6. The molecular formula is C40H57N7O10S. The first-order chi connectivity index (χ1) is 27.3. The second-order valence-corrected chi connectivity index (χ2v) is 19.6. The van der Waals surface area contributed by atoms with Gasteiger partial charge in [-0.1, -0.05) is 32.4 Å². The lowest BCUT2D eigenvalue weighted by molar-refractivity contribution is -0.146. The molecule has 2 aliphatic carbocycles. The molecule has 7 atom stereocenters. The fourth-order valence-corrected chi connectivity index (χ4v) is 9.54. The number of carbonyl (C=O) groups is 4. The first kappa shape index (κ1) is 42.9. The molecule has 2 aromatic rings. The number of ether oxygens (including phenoxy) is 3. The van der Waals surface area contributed by atoms with E-state index in [4.69, 9.17) is 14.2 Å². The number of carboxylic acid groups (broad SMARTS) is 1. The Balaban J connectivity index is 1.42. The number of allylic oxidation sites excluding steroid dienone is 1. The van der Waals surface area contributed by atoms with Crippen molar-refractivity contribution >= 4 is 45.0 Å². The fourth-order valence-electron chi connectivity index (χ4n) is 8.23. The predicted octanol–water partition coefficient (Wildman–Crippen LogP) is 4.20. The van der Waals surface area contributed by atoms with Gasteiger partial charge in [0.1, 0.15) is 29.2 Å². The van der Waals surface area contributed by atoms with E-state index in [2.05, 4.69) is 31.9 Å². The van der Waals surface area contributed by atoms with Crippen molar-refractivity contribution in [3.8, 4) is 17.6 Å². The molecule has 3 fully saturated rings. The van der Waals surface area contributed by atoms with Gasteiger partial charge in [-0.15, -0.1) is 0 Å². The topological polar surface area (TPSA) is 220 Å². The number of carbonyl (C=O) groups excluding carboxylic acids is 3. The summed E-state index contributed by atoms with van der Waals surface area (Å²) in [6.45, 7) is 12.6. The Hall–Kier alpha value is -4.74. The molecule has 2 saturated carbocycles. The Morgan fingerprint density at radius 2 is 1.83 bits per heavy atom. The molecule has 4 aliphatic rings. The van der Waals surface area contributed by atoms with Crippen molar-refractivity contribution in [3.63, 3.8) is 0 Å². The summed E-state index contributed by atoms with van der Waals surface area (Å²) >= 11 is 0. The van der Waals surface area contributed by atoms with Crippen molar-refractivity contribution < 1.29 is 46.9 Å². The number of nitrogens with zero attached hydrogens (tertiary/aromatic N) is 5. The number of amides is 4. The van der Waals surface area contributed by atoms with Gasteiger partial charge in [0.25, 0.3) is 17.7 Å².